The Morgan fingerprint density at radius 3 is 2.71 bits per heavy atom. The van der Waals surface area contributed by atoms with Crippen molar-refractivity contribution in [2.75, 3.05) is 5.75 Å². The van der Waals surface area contributed by atoms with Crippen LogP contribution in [0.4, 0.5) is 0 Å². The predicted octanol–water partition coefficient (Wildman–Crippen LogP) is 2.01. The lowest BCUT2D eigenvalue weighted by Gasteiger charge is -2.05. The number of hydrogen-bond donors (Lipinski definition) is 0. The minimum atomic E-state index is -1.13. The van der Waals surface area contributed by atoms with Gasteiger partial charge in [-0.05, 0) is 23.7 Å². The molecule has 1 aromatic heterocycles. The average molecular weight is 224 g/mol. The Morgan fingerprint density at radius 1 is 1.50 bits per heavy atom. The van der Waals surface area contributed by atoms with Crippen LogP contribution in [-0.4, -0.2) is 10.3 Å². The standard InChI is InChI=1S/C9H8N2OS2/c1-2-3-14(12)9-7(5-10)4-8(6-11)13-9/h4H,2-3H2,1H3. The van der Waals surface area contributed by atoms with E-state index in [1.54, 1.807) is 0 Å². The lowest BCUT2D eigenvalue weighted by Crippen LogP contribution is -2.05. The van der Waals surface area contributed by atoms with Crippen molar-refractivity contribution in [1.29, 1.82) is 10.5 Å². The second kappa shape index (κ2) is 5.02. The second-order valence-corrected chi connectivity index (χ2v) is 5.40. The molecular weight excluding hydrogens is 216 g/mol. The first kappa shape index (κ1) is 11.1. The molecule has 0 spiro atoms. The molecule has 1 unspecified atom stereocenters. The molecule has 1 aromatic rings. The van der Waals surface area contributed by atoms with Gasteiger partial charge >= 0.3 is 0 Å². The van der Waals surface area contributed by atoms with Crippen LogP contribution in [0.1, 0.15) is 23.8 Å². The van der Waals surface area contributed by atoms with Crippen LogP contribution in [0.15, 0.2) is 10.3 Å². The number of hydrogen-bond acceptors (Lipinski definition) is 4. The SMILES string of the molecule is CCC[S+]([O-])c1sc(C#N)cc1C#N. The summed E-state index contributed by atoms with van der Waals surface area (Å²) in [5.74, 6) is 0.542. The fourth-order valence-electron chi connectivity index (χ4n) is 0.955. The van der Waals surface area contributed by atoms with E-state index in [4.69, 9.17) is 10.5 Å². The molecule has 0 fully saturated rings. The van der Waals surface area contributed by atoms with Crippen LogP contribution in [-0.2, 0) is 11.2 Å². The van der Waals surface area contributed by atoms with Crippen molar-refractivity contribution in [1.82, 2.24) is 0 Å². The smallest absolute Gasteiger partial charge is 0.225 e. The quantitative estimate of drug-likeness (QED) is 0.737. The summed E-state index contributed by atoms with van der Waals surface area (Å²) in [7, 11) is 0. The monoisotopic (exact) mass is 224 g/mol. The van der Waals surface area contributed by atoms with Gasteiger partial charge in [-0.25, -0.2) is 0 Å². The zero-order valence-electron chi connectivity index (χ0n) is 7.61. The van der Waals surface area contributed by atoms with E-state index in [1.165, 1.54) is 6.07 Å². The van der Waals surface area contributed by atoms with Crippen LogP contribution < -0.4 is 0 Å². The first-order valence-corrected chi connectivity index (χ1v) is 6.18. The summed E-state index contributed by atoms with van der Waals surface area (Å²) in [5, 5.41) is 17.4. The summed E-state index contributed by atoms with van der Waals surface area (Å²) < 4.78 is 12.1. The topological polar surface area (TPSA) is 70.6 Å². The van der Waals surface area contributed by atoms with Gasteiger partial charge in [-0.3, -0.25) is 0 Å². The minimum absolute atomic E-state index is 0.373. The summed E-state index contributed by atoms with van der Waals surface area (Å²) in [4.78, 5) is 0.445. The van der Waals surface area contributed by atoms with E-state index in [1.807, 2.05) is 19.1 Å². The van der Waals surface area contributed by atoms with E-state index in [2.05, 4.69) is 0 Å². The molecule has 0 saturated carbocycles. The molecular formula is C9H8N2OS2. The van der Waals surface area contributed by atoms with Crippen molar-refractivity contribution in [2.24, 2.45) is 0 Å². The lowest BCUT2D eigenvalue weighted by molar-refractivity contribution is 0.595. The zero-order chi connectivity index (χ0) is 10.6. The first-order chi connectivity index (χ1) is 6.72. The van der Waals surface area contributed by atoms with Crippen LogP contribution in [0.2, 0.25) is 0 Å². The molecule has 0 aliphatic rings. The maximum absolute atomic E-state index is 11.6. The highest BCUT2D eigenvalue weighted by molar-refractivity contribution is 7.93. The molecule has 0 N–H and O–H groups in total. The van der Waals surface area contributed by atoms with E-state index in [-0.39, 0.29) is 0 Å². The third-order valence-electron chi connectivity index (χ3n) is 1.52. The van der Waals surface area contributed by atoms with Crippen molar-refractivity contribution >= 4 is 22.5 Å². The predicted molar refractivity (Wildman–Crippen MR) is 55.3 cm³/mol. The van der Waals surface area contributed by atoms with Gasteiger partial charge in [-0.2, -0.15) is 10.5 Å². The van der Waals surface area contributed by atoms with Crippen LogP contribution in [0, 0.1) is 22.7 Å². The molecule has 1 heterocycles. The molecule has 1 rings (SSSR count). The average Bonchev–Trinajstić information content (AvgIpc) is 2.61. The first-order valence-electron chi connectivity index (χ1n) is 4.05. The Balaban J connectivity index is 3.02. The number of nitrogens with zero attached hydrogens (tertiary/aromatic N) is 2. The molecule has 0 aromatic carbocycles. The molecule has 0 amide bonds. The van der Waals surface area contributed by atoms with Gasteiger partial charge in [0, 0.05) is 0 Å². The van der Waals surface area contributed by atoms with Gasteiger partial charge in [-0.1, -0.05) is 18.3 Å². The largest absolute Gasteiger partial charge is 0.611 e. The third-order valence-corrected chi connectivity index (χ3v) is 4.58. The van der Waals surface area contributed by atoms with Gasteiger partial charge in [0.1, 0.15) is 28.3 Å². The van der Waals surface area contributed by atoms with Gasteiger partial charge in [-0.15, -0.1) is 0 Å². The molecule has 0 aliphatic heterocycles. The lowest BCUT2D eigenvalue weighted by atomic mass is 10.3. The van der Waals surface area contributed by atoms with Crippen LogP contribution >= 0.6 is 11.3 Å². The zero-order valence-corrected chi connectivity index (χ0v) is 9.24. The summed E-state index contributed by atoms with van der Waals surface area (Å²) in [5.41, 5.74) is 0.373. The van der Waals surface area contributed by atoms with Crippen molar-refractivity contribution < 1.29 is 4.55 Å². The van der Waals surface area contributed by atoms with Gasteiger partial charge in [0.15, 0.2) is 0 Å². The third kappa shape index (κ3) is 2.27. The molecule has 0 saturated heterocycles. The highest BCUT2D eigenvalue weighted by atomic mass is 32.2. The van der Waals surface area contributed by atoms with E-state index in [0.29, 0.717) is 20.4 Å². The molecule has 1 atom stereocenters. The Bertz CT molecular complexity index is 400. The molecule has 5 heteroatoms. The Hall–Kier alpha value is -1.01. The van der Waals surface area contributed by atoms with Crippen molar-refractivity contribution in [2.45, 2.75) is 17.6 Å². The van der Waals surface area contributed by atoms with Crippen LogP contribution in [0.5, 0.6) is 0 Å². The van der Waals surface area contributed by atoms with E-state index in [0.717, 1.165) is 17.8 Å². The van der Waals surface area contributed by atoms with Crippen molar-refractivity contribution in [3.05, 3.63) is 16.5 Å². The molecule has 0 bridgehead atoms. The molecule has 0 aliphatic carbocycles. The van der Waals surface area contributed by atoms with Crippen LogP contribution in [0.3, 0.4) is 0 Å². The van der Waals surface area contributed by atoms with Gasteiger partial charge in [0.25, 0.3) is 0 Å². The minimum Gasteiger partial charge on any atom is -0.611 e. The number of nitriles is 2. The maximum Gasteiger partial charge on any atom is 0.225 e. The van der Waals surface area contributed by atoms with Crippen LogP contribution in [0.25, 0.3) is 0 Å². The van der Waals surface area contributed by atoms with Crippen molar-refractivity contribution in [3.8, 4) is 12.1 Å². The maximum atomic E-state index is 11.6. The summed E-state index contributed by atoms with van der Waals surface area (Å²) in [6.45, 7) is 1.93. The van der Waals surface area contributed by atoms with E-state index < -0.39 is 11.2 Å². The summed E-state index contributed by atoms with van der Waals surface area (Å²) in [6, 6.07) is 5.40. The Kier molecular flexibility index (Phi) is 3.97. The van der Waals surface area contributed by atoms with Gasteiger partial charge in [0.2, 0.25) is 4.21 Å². The molecule has 3 nitrogen and oxygen atoms in total. The number of thiophene rings is 1. The highest BCUT2D eigenvalue weighted by Gasteiger charge is 2.19. The summed E-state index contributed by atoms with van der Waals surface area (Å²) in [6.07, 6.45) is 0.803. The van der Waals surface area contributed by atoms with Crippen molar-refractivity contribution in [3.63, 3.8) is 0 Å². The highest BCUT2D eigenvalue weighted by Crippen LogP contribution is 2.27. The van der Waals surface area contributed by atoms with Gasteiger partial charge in [0.05, 0.1) is 0 Å². The van der Waals surface area contributed by atoms with E-state index in [9.17, 15) is 4.55 Å². The fraction of sp³-hybridized carbons (Fsp3) is 0.333. The van der Waals surface area contributed by atoms with E-state index >= 15 is 0 Å². The Labute approximate surface area is 89.8 Å². The number of rotatable bonds is 3. The fourth-order valence-corrected chi connectivity index (χ4v) is 3.39. The van der Waals surface area contributed by atoms with Gasteiger partial charge < -0.3 is 4.55 Å². The molecule has 72 valence electrons. The Morgan fingerprint density at radius 2 is 2.21 bits per heavy atom. The molecule has 14 heavy (non-hydrogen) atoms. The summed E-state index contributed by atoms with van der Waals surface area (Å²) >= 11 is 0.0176. The second-order valence-electron chi connectivity index (χ2n) is 2.59. The normalized spacial score (nSPS) is 11.7. The molecule has 0 radical (unpaired) electrons.